The number of thiophene rings is 1. The van der Waals surface area contributed by atoms with Gasteiger partial charge in [-0.15, -0.1) is 11.3 Å². The van der Waals surface area contributed by atoms with E-state index in [1.54, 1.807) is 16.2 Å². The summed E-state index contributed by atoms with van der Waals surface area (Å²) >= 11 is 1.72. The molecule has 114 valence electrons. The van der Waals surface area contributed by atoms with E-state index in [4.69, 9.17) is 5.11 Å². The van der Waals surface area contributed by atoms with Crippen LogP contribution in [-0.4, -0.2) is 40.9 Å². The largest absolute Gasteiger partial charge is 0.481 e. The number of rotatable bonds is 6. The molecule has 0 radical (unpaired) electrons. The van der Waals surface area contributed by atoms with Gasteiger partial charge in [-0.3, -0.25) is 14.4 Å². The van der Waals surface area contributed by atoms with E-state index >= 15 is 0 Å². The van der Waals surface area contributed by atoms with Crippen LogP contribution in [0.3, 0.4) is 0 Å². The summed E-state index contributed by atoms with van der Waals surface area (Å²) in [6.45, 7) is 1.43. The first-order valence-corrected chi connectivity index (χ1v) is 7.75. The first-order valence-electron chi connectivity index (χ1n) is 6.88. The van der Waals surface area contributed by atoms with Crippen LogP contribution < -0.4 is 5.32 Å². The van der Waals surface area contributed by atoms with Gasteiger partial charge in [0, 0.05) is 37.4 Å². The summed E-state index contributed by atoms with van der Waals surface area (Å²) in [5.74, 6) is -1.26. The lowest BCUT2D eigenvalue weighted by Crippen LogP contribution is -2.36. The van der Waals surface area contributed by atoms with E-state index in [1.165, 1.54) is 10.4 Å². The Bertz CT molecular complexity index is 541. The van der Waals surface area contributed by atoms with Gasteiger partial charge in [0.25, 0.3) is 0 Å². The zero-order valence-electron chi connectivity index (χ0n) is 11.6. The third kappa shape index (κ3) is 4.56. The zero-order valence-corrected chi connectivity index (χ0v) is 12.4. The van der Waals surface area contributed by atoms with E-state index < -0.39 is 5.97 Å². The molecule has 6 nitrogen and oxygen atoms in total. The monoisotopic (exact) mass is 310 g/mol. The van der Waals surface area contributed by atoms with Gasteiger partial charge in [0.1, 0.15) is 0 Å². The van der Waals surface area contributed by atoms with Crippen LogP contribution in [0.4, 0.5) is 0 Å². The summed E-state index contributed by atoms with van der Waals surface area (Å²) in [6.07, 6.45) is 1.04. The Balaban J connectivity index is 1.70. The molecule has 0 aliphatic carbocycles. The average molecular weight is 310 g/mol. The topological polar surface area (TPSA) is 86.7 Å². The highest BCUT2D eigenvalue weighted by Crippen LogP contribution is 2.24. The third-order valence-electron chi connectivity index (χ3n) is 3.39. The fourth-order valence-electron chi connectivity index (χ4n) is 2.24. The summed E-state index contributed by atoms with van der Waals surface area (Å²) in [6, 6.07) is 2.04. The van der Waals surface area contributed by atoms with Crippen molar-refractivity contribution in [2.75, 3.05) is 13.1 Å². The van der Waals surface area contributed by atoms with Gasteiger partial charge < -0.3 is 15.3 Å². The molecule has 21 heavy (non-hydrogen) atoms. The van der Waals surface area contributed by atoms with Crippen LogP contribution in [0.25, 0.3) is 0 Å². The van der Waals surface area contributed by atoms with Crippen LogP contribution in [0.5, 0.6) is 0 Å². The number of carbonyl (C=O) groups excluding carboxylic acids is 2. The lowest BCUT2D eigenvalue weighted by atomic mass is 10.1. The number of nitrogens with one attached hydrogen (secondary N) is 1. The lowest BCUT2D eigenvalue weighted by molar-refractivity contribution is -0.137. The predicted octanol–water partition coefficient (Wildman–Crippen LogP) is 1.00. The smallest absolute Gasteiger partial charge is 0.305 e. The molecule has 2 rings (SSSR count). The van der Waals surface area contributed by atoms with E-state index in [0.717, 1.165) is 6.42 Å². The quantitative estimate of drug-likeness (QED) is 0.821. The molecule has 0 fully saturated rings. The minimum atomic E-state index is -0.953. The molecule has 0 saturated carbocycles. The van der Waals surface area contributed by atoms with E-state index in [1.807, 2.05) is 11.4 Å². The fraction of sp³-hybridized carbons (Fsp3) is 0.500. The molecule has 2 heterocycles. The second-order valence-corrected chi connectivity index (χ2v) is 5.93. The number of aliphatic carboxylic acids is 1. The number of fused-ring (bicyclic) bond motifs is 1. The second kappa shape index (κ2) is 7.21. The van der Waals surface area contributed by atoms with Crippen molar-refractivity contribution >= 4 is 29.1 Å². The molecule has 2 N–H and O–H groups in total. The standard InChI is InChI=1S/C14H18N2O4S/c17-12(15-6-3-14(19)20)1-2-13(18)16-7-4-11-10(9-16)5-8-21-11/h5,8H,1-4,6-7,9H2,(H,15,17)(H,19,20). The molecule has 1 aromatic rings. The number of carboxylic acids is 1. The van der Waals surface area contributed by atoms with Gasteiger partial charge in [0.15, 0.2) is 0 Å². The molecule has 0 unspecified atom stereocenters. The maximum Gasteiger partial charge on any atom is 0.305 e. The van der Waals surface area contributed by atoms with Crippen molar-refractivity contribution in [2.24, 2.45) is 0 Å². The van der Waals surface area contributed by atoms with Gasteiger partial charge in [-0.05, 0) is 23.4 Å². The van der Waals surface area contributed by atoms with Crippen molar-refractivity contribution in [3.05, 3.63) is 21.9 Å². The Morgan fingerprint density at radius 2 is 2.10 bits per heavy atom. The molecular formula is C14H18N2O4S. The van der Waals surface area contributed by atoms with Gasteiger partial charge in [0.2, 0.25) is 11.8 Å². The van der Waals surface area contributed by atoms with Gasteiger partial charge in [-0.2, -0.15) is 0 Å². The molecule has 0 bridgehead atoms. The number of hydrogen-bond donors (Lipinski definition) is 2. The first kappa shape index (κ1) is 15.5. The maximum absolute atomic E-state index is 12.1. The van der Waals surface area contributed by atoms with Crippen molar-refractivity contribution in [3.63, 3.8) is 0 Å². The highest BCUT2D eigenvalue weighted by atomic mass is 32.1. The number of nitrogens with zero attached hydrogens (tertiary/aromatic N) is 1. The van der Waals surface area contributed by atoms with E-state index in [-0.39, 0.29) is 37.6 Å². The van der Waals surface area contributed by atoms with Gasteiger partial charge in [-0.25, -0.2) is 0 Å². The first-order chi connectivity index (χ1) is 10.1. The van der Waals surface area contributed by atoms with Gasteiger partial charge in [0.05, 0.1) is 6.42 Å². The summed E-state index contributed by atoms with van der Waals surface area (Å²) in [4.78, 5) is 37.0. The maximum atomic E-state index is 12.1. The zero-order chi connectivity index (χ0) is 15.2. The number of carbonyl (C=O) groups is 3. The van der Waals surface area contributed by atoms with Crippen LogP contribution >= 0.6 is 11.3 Å². The summed E-state index contributed by atoms with van der Waals surface area (Å²) in [5, 5.41) is 13.0. The van der Waals surface area contributed by atoms with Crippen molar-refractivity contribution in [1.82, 2.24) is 10.2 Å². The Hall–Kier alpha value is -1.89. The van der Waals surface area contributed by atoms with Gasteiger partial charge >= 0.3 is 5.97 Å². The Morgan fingerprint density at radius 3 is 2.86 bits per heavy atom. The Kier molecular flexibility index (Phi) is 5.32. The van der Waals surface area contributed by atoms with E-state index in [9.17, 15) is 14.4 Å². The molecule has 0 aromatic carbocycles. The number of carboxylic acid groups (broad SMARTS) is 1. The van der Waals surface area contributed by atoms with Crippen LogP contribution in [0.1, 0.15) is 29.7 Å². The summed E-state index contributed by atoms with van der Waals surface area (Å²) in [7, 11) is 0. The summed E-state index contributed by atoms with van der Waals surface area (Å²) < 4.78 is 0. The SMILES string of the molecule is O=C(O)CCNC(=O)CCC(=O)N1CCc2sccc2C1. The molecule has 7 heteroatoms. The Labute approximate surface area is 126 Å². The van der Waals surface area contributed by atoms with E-state index in [2.05, 4.69) is 5.32 Å². The number of amides is 2. The van der Waals surface area contributed by atoms with Crippen molar-refractivity contribution in [2.45, 2.75) is 32.2 Å². The van der Waals surface area contributed by atoms with Crippen LogP contribution in [0.2, 0.25) is 0 Å². The van der Waals surface area contributed by atoms with Crippen molar-refractivity contribution in [1.29, 1.82) is 0 Å². The molecule has 0 atom stereocenters. The van der Waals surface area contributed by atoms with Crippen molar-refractivity contribution < 1.29 is 19.5 Å². The molecule has 1 aliphatic heterocycles. The average Bonchev–Trinajstić information content (AvgIpc) is 2.91. The normalized spacial score (nSPS) is 13.6. The highest BCUT2D eigenvalue weighted by Gasteiger charge is 2.21. The lowest BCUT2D eigenvalue weighted by Gasteiger charge is -2.27. The summed E-state index contributed by atoms with van der Waals surface area (Å²) in [5.41, 5.74) is 1.20. The van der Waals surface area contributed by atoms with E-state index in [0.29, 0.717) is 13.1 Å². The van der Waals surface area contributed by atoms with Gasteiger partial charge in [-0.1, -0.05) is 0 Å². The second-order valence-electron chi connectivity index (χ2n) is 4.93. The molecule has 2 amide bonds. The number of hydrogen-bond acceptors (Lipinski definition) is 4. The predicted molar refractivity (Wildman–Crippen MR) is 77.9 cm³/mol. The van der Waals surface area contributed by atoms with Crippen LogP contribution in [0.15, 0.2) is 11.4 Å². The molecule has 0 spiro atoms. The minimum absolute atomic E-state index is 0.0276. The molecule has 1 aromatic heterocycles. The highest BCUT2D eigenvalue weighted by molar-refractivity contribution is 7.10. The molecule has 0 saturated heterocycles. The van der Waals surface area contributed by atoms with Crippen LogP contribution in [0, 0.1) is 0 Å². The van der Waals surface area contributed by atoms with Crippen molar-refractivity contribution in [3.8, 4) is 0 Å². The minimum Gasteiger partial charge on any atom is -0.481 e. The van der Waals surface area contributed by atoms with Crippen LogP contribution in [-0.2, 0) is 27.3 Å². The molecular weight excluding hydrogens is 292 g/mol. The fourth-order valence-corrected chi connectivity index (χ4v) is 3.13. The third-order valence-corrected chi connectivity index (χ3v) is 4.41. The Morgan fingerprint density at radius 1 is 1.29 bits per heavy atom. The molecule has 1 aliphatic rings.